The highest BCUT2D eigenvalue weighted by Crippen LogP contribution is 2.45. The number of nitrogens with zero attached hydrogens (tertiary/aromatic N) is 2. The summed E-state index contributed by atoms with van der Waals surface area (Å²) in [6.07, 6.45) is 1.88. The Bertz CT molecular complexity index is 1760. The Kier molecular flexibility index (Phi) is 5.31. The second-order valence-electron chi connectivity index (χ2n) is 8.88. The lowest BCUT2D eigenvalue weighted by molar-refractivity contribution is -0.117. The molecule has 1 unspecified atom stereocenters. The van der Waals surface area contributed by atoms with E-state index in [-0.39, 0.29) is 11.3 Å². The van der Waals surface area contributed by atoms with Gasteiger partial charge in [0.05, 0.1) is 18.7 Å². The van der Waals surface area contributed by atoms with Crippen LogP contribution in [0.1, 0.15) is 22.2 Å². The molecular weight excluding hydrogens is 492 g/mol. The number of fused-ring (bicyclic) bond motifs is 2. The van der Waals surface area contributed by atoms with Gasteiger partial charge in [0.1, 0.15) is 11.3 Å². The smallest absolute Gasteiger partial charge is 0.294 e. The first kappa shape index (κ1) is 22.9. The maximum Gasteiger partial charge on any atom is 0.294 e. The SMILES string of the molecule is COc1cccc(N2C(=O)C(O)=C(C(=O)c3cc4cc(Cl)ccc4o3)C2c2cn(C)c3ccccc23)c1. The number of hydrogen-bond donors (Lipinski definition) is 1. The zero-order valence-electron chi connectivity index (χ0n) is 19.9. The molecule has 6 rings (SSSR count). The molecule has 0 radical (unpaired) electrons. The van der Waals surface area contributed by atoms with Gasteiger partial charge in [-0.3, -0.25) is 14.5 Å². The molecule has 0 saturated carbocycles. The third kappa shape index (κ3) is 3.58. The molecule has 8 heteroatoms. The van der Waals surface area contributed by atoms with Gasteiger partial charge in [0, 0.05) is 51.9 Å². The Labute approximate surface area is 216 Å². The first-order valence-electron chi connectivity index (χ1n) is 11.6. The monoisotopic (exact) mass is 512 g/mol. The van der Waals surface area contributed by atoms with Crippen molar-refractivity contribution in [3.63, 3.8) is 0 Å². The highest BCUT2D eigenvalue weighted by atomic mass is 35.5. The van der Waals surface area contributed by atoms with Gasteiger partial charge in [0.15, 0.2) is 11.5 Å². The summed E-state index contributed by atoms with van der Waals surface area (Å²) in [7, 11) is 3.43. The van der Waals surface area contributed by atoms with Crippen molar-refractivity contribution in [3.05, 3.63) is 107 Å². The van der Waals surface area contributed by atoms with Crippen LogP contribution >= 0.6 is 11.6 Å². The van der Waals surface area contributed by atoms with Gasteiger partial charge in [0.2, 0.25) is 5.78 Å². The molecular formula is C29H21ClN2O5. The third-order valence-corrected chi connectivity index (χ3v) is 6.94. The number of hydrogen-bond acceptors (Lipinski definition) is 5. The van der Waals surface area contributed by atoms with Gasteiger partial charge < -0.3 is 18.8 Å². The quantitative estimate of drug-likeness (QED) is 0.277. The molecule has 5 aromatic rings. The molecule has 0 saturated heterocycles. The molecule has 0 aliphatic carbocycles. The Balaban J connectivity index is 1.57. The van der Waals surface area contributed by atoms with E-state index in [4.69, 9.17) is 20.8 Å². The molecule has 3 aromatic carbocycles. The summed E-state index contributed by atoms with van der Waals surface area (Å²) in [5, 5.41) is 13.1. The number of halogens is 1. The predicted molar refractivity (Wildman–Crippen MR) is 141 cm³/mol. The van der Waals surface area contributed by atoms with Crippen LogP contribution in [0, 0.1) is 0 Å². The molecule has 2 aromatic heterocycles. The summed E-state index contributed by atoms with van der Waals surface area (Å²) in [5.41, 5.74) is 2.51. The molecule has 0 fully saturated rings. The second-order valence-corrected chi connectivity index (χ2v) is 9.31. The number of aromatic nitrogens is 1. The summed E-state index contributed by atoms with van der Waals surface area (Å²) in [6, 6.07) is 20.3. The standard InChI is InChI=1S/C29H21ClN2O5/c1-31-15-21(20-8-3-4-9-22(20)31)26-25(27(33)24-13-16-12-17(30)10-11-23(16)37-24)28(34)29(35)32(26)18-6-5-7-19(14-18)36-2/h3-15,26,34H,1-2H3. The number of methoxy groups -OCH3 is 1. The number of anilines is 1. The summed E-state index contributed by atoms with van der Waals surface area (Å²) < 4.78 is 13.1. The van der Waals surface area contributed by atoms with E-state index in [9.17, 15) is 14.7 Å². The summed E-state index contributed by atoms with van der Waals surface area (Å²) in [5.74, 6) is -1.35. The van der Waals surface area contributed by atoms with E-state index in [0.29, 0.717) is 33.0 Å². The maximum absolute atomic E-state index is 13.9. The number of aryl methyl sites for hydroxylation is 1. The molecule has 184 valence electrons. The normalized spacial score (nSPS) is 15.8. The number of aliphatic hydroxyl groups is 1. The minimum Gasteiger partial charge on any atom is -0.503 e. The van der Waals surface area contributed by atoms with Crippen LogP contribution in [0.25, 0.3) is 21.9 Å². The van der Waals surface area contributed by atoms with Crippen LogP contribution in [0.2, 0.25) is 5.02 Å². The summed E-state index contributed by atoms with van der Waals surface area (Å²) in [6.45, 7) is 0. The first-order chi connectivity index (χ1) is 17.9. The van der Waals surface area contributed by atoms with Crippen molar-refractivity contribution in [1.82, 2.24) is 4.57 Å². The molecule has 37 heavy (non-hydrogen) atoms. The zero-order valence-corrected chi connectivity index (χ0v) is 20.7. The fourth-order valence-electron chi connectivity index (χ4n) is 5.01. The molecule has 7 nitrogen and oxygen atoms in total. The minimum atomic E-state index is -0.907. The second kappa shape index (κ2) is 8.57. The number of rotatable bonds is 5. The van der Waals surface area contributed by atoms with Crippen LogP contribution in [-0.4, -0.2) is 28.5 Å². The van der Waals surface area contributed by atoms with Gasteiger partial charge in [0.25, 0.3) is 5.91 Å². The highest BCUT2D eigenvalue weighted by Gasteiger charge is 2.46. The lowest BCUT2D eigenvalue weighted by Gasteiger charge is -2.26. The maximum atomic E-state index is 13.9. The fraction of sp³-hybridized carbons (Fsp3) is 0.103. The van der Waals surface area contributed by atoms with Crippen molar-refractivity contribution in [2.75, 3.05) is 12.0 Å². The van der Waals surface area contributed by atoms with E-state index in [0.717, 1.165) is 10.9 Å². The Morgan fingerprint density at radius 1 is 1.05 bits per heavy atom. The number of para-hydroxylation sites is 1. The first-order valence-corrected chi connectivity index (χ1v) is 11.9. The number of amides is 1. The van der Waals surface area contributed by atoms with Gasteiger partial charge in [-0.25, -0.2) is 0 Å². The molecule has 1 N–H and O–H groups in total. The van der Waals surface area contributed by atoms with Crippen LogP contribution in [0.3, 0.4) is 0 Å². The Morgan fingerprint density at radius 2 is 1.86 bits per heavy atom. The number of ether oxygens (including phenoxy) is 1. The number of ketones is 1. The van der Waals surface area contributed by atoms with Gasteiger partial charge in [-0.2, -0.15) is 0 Å². The van der Waals surface area contributed by atoms with Crippen molar-refractivity contribution < 1.29 is 23.8 Å². The number of aliphatic hydroxyl groups excluding tert-OH is 1. The van der Waals surface area contributed by atoms with Crippen LogP contribution in [0.5, 0.6) is 5.75 Å². The molecule has 1 atom stereocenters. The van der Waals surface area contributed by atoms with E-state index >= 15 is 0 Å². The van der Waals surface area contributed by atoms with Crippen LogP contribution < -0.4 is 9.64 Å². The van der Waals surface area contributed by atoms with E-state index in [1.807, 2.05) is 42.1 Å². The number of furan rings is 1. The predicted octanol–water partition coefficient (Wildman–Crippen LogP) is 6.37. The molecule has 3 heterocycles. The topological polar surface area (TPSA) is 84.9 Å². The van der Waals surface area contributed by atoms with Gasteiger partial charge in [-0.05, 0) is 42.5 Å². The number of carbonyl (C=O) groups is 2. The number of carbonyl (C=O) groups excluding carboxylic acids is 2. The van der Waals surface area contributed by atoms with Gasteiger partial charge in [-0.15, -0.1) is 0 Å². The van der Waals surface area contributed by atoms with E-state index in [2.05, 4.69) is 0 Å². The van der Waals surface area contributed by atoms with Crippen molar-refractivity contribution in [2.45, 2.75) is 6.04 Å². The van der Waals surface area contributed by atoms with Gasteiger partial charge in [-0.1, -0.05) is 35.9 Å². The summed E-state index contributed by atoms with van der Waals surface area (Å²) >= 11 is 6.11. The average molecular weight is 513 g/mol. The largest absolute Gasteiger partial charge is 0.503 e. The molecule has 1 aliphatic heterocycles. The van der Waals surface area contributed by atoms with Crippen molar-refractivity contribution in [1.29, 1.82) is 0 Å². The minimum absolute atomic E-state index is 0.00402. The van der Waals surface area contributed by atoms with Crippen LogP contribution in [0.15, 0.2) is 94.7 Å². The molecule has 1 amide bonds. The van der Waals surface area contributed by atoms with Crippen LogP contribution in [0.4, 0.5) is 5.69 Å². The molecule has 1 aliphatic rings. The van der Waals surface area contributed by atoms with Crippen LogP contribution in [-0.2, 0) is 11.8 Å². The highest BCUT2D eigenvalue weighted by molar-refractivity contribution is 6.31. The lowest BCUT2D eigenvalue weighted by Crippen LogP contribution is -2.31. The number of benzene rings is 3. The Hall–Kier alpha value is -4.49. The van der Waals surface area contributed by atoms with Crippen molar-refractivity contribution in [3.8, 4) is 5.75 Å². The Morgan fingerprint density at radius 3 is 2.68 bits per heavy atom. The summed E-state index contributed by atoms with van der Waals surface area (Å²) in [4.78, 5) is 28.9. The zero-order chi connectivity index (χ0) is 25.8. The third-order valence-electron chi connectivity index (χ3n) is 6.71. The molecule has 0 bridgehead atoms. The van der Waals surface area contributed by atoms with E-state index in [1.54, 1.807) is 48.5 Å². The van der Waals surface area contributed by atoms with E-state index < -0.39 is 23.5 Å². The molecule has 0 spiro atoms. The van der Waals surface area contributed by atoms with Crippen molar-refractivity contribution in [2.24, 2.45) is 7.05 Å². The fourth-order valence-corrected chi connectivity index (χ4v) is 5.19. The average Bonchev–Trinajstić information content (AvgIpc) is 3.56. The van der Waals surface area contributed by atoms with Gasteiger partial charge >= 0.3 is 0 Å². The number of Topliss-reactive ketones (excluding diaryl/α,β-unsaturated/α-hetero) is 1. The van der Waals surface area contributed by atoms with E-state index in [1.165, 1.54) is 12.0 Å². The van der Waals surface area contributed by atoms with Crippen molar-refractivity contribution >= 4 is 50.9 Å². The lowest BCUT2D eigenvalue weighted by atomic mass is 9.94.